The number of rotatable bonds is 10. The summed E-state index contributed by atoms with van der Waals surface area (Å²) in [6, 6.07) is 23.3. The molecule has 5 rings (SSSR count). The second kappa shape index (κ2) is 13.1. The normalized spacial score (nSPS) is 22.4. The number of carbonyl (C=O) groups excluding carboxylic acids is 1. The predicted molar refractivity (Wildman–Crippen MR) is 164 cm³/mol. The number of nitrogens with zero attached hydrogens (tertiary/aromatic N) is 1. The smallest absolute Gasteiger partial charge is 0.303 e. The molecule has 2 heterocycles. The molecule has 1 fully saturated rings. The summed E-state index contributed by atoms with van der Waals surface area (Å²) in [5.74, 6) is -0.649. The zero-order valence-electron chi connectivity index (χ0n) is 24.0. The molecule has 4 atom stereocenters. The van der Waals surface area contributed by atoms with Crippen LogP contribution in [0.3, 0.4) is 0 Å². The van der Waals surface area contributed by atoms with E-state index in [4.69, 9.17) is 32.7 Å². The Balaban J connectivity index is 1.46. The molecular weight excluding hydrogens is 573 g/mol. The third kappa shape index (κ3) is 7.11. The number of carbonyl (C=O) groups is 2. The lowest BCUT2D eigenvalue weighted by Crippen LogP contribution is -2.54. The Labute approximate surface area is 257 Å². The van der Waals surface area contributed by atoms with Crippen molar-refractivity contribution in [3.05, 3.63) is 99.5 Å². The first kappa shape index (κ1) is 30.4. The SMILES string of the molecule is CC1(C)Oc2ccc(Cl)cc2[C@@H]2O[C@H](CCc3ccccc3)[C@@H](C(=O)N(CCCC(=O)O)Cc3ccc(Cl)cc3)C[C@H]21. The van der Waals surface area contributed by atoms with E-state index in [-0.39, 0.29) is 30.5 Å². The molecule has 1 saturated heterocycles. The van der Waals surface area contributed by atoms with Crippen molar-refractivity contribution in [3.8, 4) is 5.75 Å². The summed E-state index contributed by atoms with van der Waals surface area (Å²) < 4.78 is 13.4. The van der Waals surface area contributed by atoms with Crippen LogP contribution < -0.4 is 4.74 Å². The molecule has 2 aliphatic rings. The van der Waals surface area contributed by atoms with Gasteiger partial charge in [-0.15, -0.1) is 0 Å². The number of carboxylic acids is 1. The molecule has 1 amide bonds. The molecule has 222 valence electrons. The van der Waals surface area contributed by atoms with Crippen LogP contribution in [0.25, 0.3) is 0 Å². The first-order valence-electron chi connectivity index (χ1n) is 14.5. The Kier molecular flexibility index (Phi) is 9.46. The maximum Gasteiger partial charge on any atom is 0.303 e. The first-order valence-corrected chi connectivity index (χ1v) is 15.3. The first-order chi connectivity index (χ1) is 20.1. The van der Waals surface area contributed by atoms with Gasteiger partial charge in [-0.3, -0.25) is 9.59 Å². The van der Waals surface area contributed by atoms with Crippen LogP contribution in [-0.2, 0) is 27.3 Å². The zero-order chi connectivity index (χ0) is 29.9. The summed E-state index contributed by atoms with van der Waals surface area (Å²) in [4.78, 5) is 27.6. The minimum absolute atomic E-state index is 0.00782. The van der Waals surface area contributed by atoms with Crippen LogP contribution >= 0.6 is 23.2 Å². The molecule has 0 aromatic heterocycles. The van der Waals surface area contributed by atoms with E-state index in [1.165, 1.54) is 5.56 Å². The molecule has 0 radical (unpaired) electrons. The fourth-order valence-corrected chi connectivity index (χ4v) is 6.58. The number of carboxylic acid groups (broad SMARTS) is 1. The van der Waals surface area contributed by atoms with Crippen LogP contribution in [0.4, 0.5) is 0 Å². The van der Waals surface area contributed by atoms with Gasteiger partial charge in [0.25, 0.3) is 0 Å². The highest BCUT2D eigenvalue weighted by molar-refractivity contribution is 6.30. The fourth-order valence-electron chi connectivity index (χ4n) is 6.27. The highest BCUT2D eigenvalue weighted by Crippen LogP contribution is 2.53. The van der Waals surface area contributed by atoms with Gasteiger partial charge in [0, 0.05) is 41.0 Å². The van der Waals surface area contributed by atoms with Gasteiger partial charge in [-0.1, -0.05) is 65.7 Å². The molecule has 3 aromatic rings. The average molecular weight is 611 g/mol. The summed E-state index contributed by atoms with van der Waals surface area (Å²) in [6.07, 6.45) is 1.78. The summed E-state index contributed by atoms with van der Waals surface area (Å²) in [6.45, 7) is 4.80. The van der Waals surface area contributed by atoms with Crippen LogP contribution in [-0.4, -0.2) is 40.1 Å². The Morgan fingerprint density at radius 3 is 2.40 bits per heavy atom. The van der Waals surface area contributed by atoms with Gasteiger partial charge in [-0.25, -0.2) is 0 Å². The third-order valence-corrected chi connectivity index (χ3v) is 8.97. The summed E-state index contributed by atoms with van der Waals surface area (Å²) >= 11 is 12.5. The molecular formula is C34H37Cl2NO5. The van der Waals surface area contributed by atoms with Crippen molar-refractivity contribution in [1.82, 2.24) is 4.90 Å². The van der Waals surface area contributed by atoms with Gasteiger partial charge < -0.3 is 19.5 Å². The Morgan fingerprint density at radius 1 is 0.976 bits per heavy atom. The number of ether oxygens (including phenoxy) is 2. The van der Waals surface area contributed by atoms with Crippen molar-refractivity contribution in [2.75, 3.05) is 6.54 Å². The van der Waals surface area contributed by atoms with Crippen molar-refractivity contribution in [3.63, 3.8) is 0 Å². The molecule has 3 aromatic carbocycles. The van der Waals surface area contributed by atoms with Gasteiger partial charge in [0.2, 0.25) is 5.91 Å². The predicted octanol–water partition coefficient (Wildman–Crippen LogP) is 7.75. The molecule has 2 aliphatic heterocycles. The summed E-state index contributed by atoms with van der Waals surface area (Å²) in [5.41, 5.74) is 2.47. The lowest BCUT2D eigenvalue weighted by atomic mass is 9.71. The molecule has 42 heavy (non-hydrogen) atoms. The number of hydrogen-bond acceptors (Lipinski definition) is 4. The van der Waals surface area contributed by atoms with Crippen LogP contribution in [0.2, 0.25) is 10.0 Å². The standard InChI is InChI=1S/C34H37Cl2NO5/c1-34(2)28-20-27(33(40)37(18-6-9-31(38)39)21-23-10-13-24(35)14-11-23)29(16-12-22-7-4-3-5-8-22)41-32(28)26-19-25(36)15-17-30(26)42-34/h3-5,7-8,10-11,13-15,17,19,27-29,32H,6,9,12,16,18,20-21H2,1-2H3,(H,38,39)/t27-,28+,29+,32-/m0/s1. The second-order valence-corrected chi connectivity index (χ2v) is 12.7. The Bertz CT molecular complexity index is 1390. The highest BCUT2D eigenvalue weighted by atomic mass is 35.5. The van der Waals surface area contributed by atoms with E-state index < -0.39 is 17.5 Å². The molecule has 0 aliphatic carbocycles. The number of benzene rings is 3. The monoisotopic (exact) mass is 609 g/mol. The number of fused-ring (bicyclic) bond motifs is 3. The number of amides is 1. The van der Waals surface area contributed by atoms with E-state index in [1.54, 1.807) is 17.0 Å². The number of halogens is 2. The molecule has 6 nitrogen and oxygen atoms in total. The van der Waals surface area contributed by atoms with E-state index in [2.05, 4.69) is 26.0 Å². The summed E-state index contributed by atoms with van der Waals surface area (Å²) in [7, 11) is 0. The number of aryl methyl sites for hydroxylation is 1. The topological polar surface area (TPSA) is 76.1 Å². The van der Waals surface area contributed by atoms with Gasteiger partial charge >= 0.3 is 5.97 Å². The second-order valence-electron chi connectivity index (χ2n) is 11.8. The lowest BCUT2D eigenvalue weighted by molar-refractivity contribution is -0.185. The Morgan fingerprint density at radius 2 is 1.69 bits per heavy atom. The van der Waals surface area contributed by atoms with Crippen molar-refractivity contribution >= 4 is 35.1 Å². The fraction of sp³-hybridized carbons (Fsp3) is 0.412. The number of aliphatic carboxylic acids is 1. The average Bonchev–Trinajstić information content (AvgIpc) is 2.96. The maximum absolute atomic E-state index is 14.5. The van der Waals surface area contributed by atoms with Crippen molar-refractivity contribution in [2.24, 2.45) is 11.8 Å². The van der Waals surface area contributed by atoms with Crippen LogP contribution in [0.15, 0.2) is 72.8 Å². The number of hydrogen-bond donors (Lipinski definition) is 1. The van der Waals surface area contributed by atoms with Crippen molar-refractivity contribution in [2.45, 2.75) is 70.3 Å². The van der Waals surface area contributed by atoms with Crippen LogP contribution in [0, 0.1) is 11.8 Å². The Hall–Kier alpha value is -3.06. The molecule has 0 unspecified atom stereocenters. The van der Waals surface area contributed by atoms with Gasteiger partial charge in [0.1, 0.15) is 11.4 Å². The molecule has 0 spiro atoms. The quantitative estimate of drug-likeness (QED) is 0.254. The van der Waals surface area contributed by atoms with E-state index >= 15 is 0 Å². The zero-order valence-corrected chi connectivity index (χ0v) is 25.5. The van der Waals surface area contributed by atoms with Crippen molar-refractivity contribution in [1.29, 1.82) is 0 Å². The van der Waals surface area contributed by atoms with Gasteiger partial charge in [-0.05, 0) is 81.0 Å². The highest BCUT2D eigenvalue weighted by Gasteiger charge is 2.52. The van der Waals surface area contributed by atoms with Crippen LogP contribution in [0.1, 0.15) is 62.3 Å². The maximum atomic E-state index is 14.5. The molecule has 1 N–H and O–H groups in total. The van der Waals surface area contributed by atoms with Gasteiger partial charge in [-0.2, -0.15) is 0 Å². The van der Waals surface area contributed by atoms with E-state index in [9.17, 15) is 14.7 Å². The van der Waals surface area contributed by atoms with E-state index in [0.717, 1.165) is 23.3 Å². The van der Waals surface area contributed by atoms with Gasteiger partial charge in [0.05, 0.1) is 18.1 Å². The van der Waals surface area contributed by atoms with Gasteiger partial charge in [0.15, 0.2) is 0 Å². The van der Waals surface area contributed by atoms with E-state index in [0.29, 0.717) is 42.4 Å². The minimum Gasteiger partial charge on any atom is -0.487 e. The summed E-state index contributed by atoms with van der Waals surface area (Å²) in [5, 5.41) is 10.5. The minimum atomic E-state index is -0.878. The third-order valence-electron chi connectivity index (χ3n) is 8.48. The van der Waals surface area contributed by atoms with Crippen LogP contribution in [0.5, 0.6) is 5.75 Å². The van der Waals surface area contributed by atoms with E-state index in [1.807, 2.05) is 48.5 Å². The van der Waals surface area contributed by atoms with Crippen molar-refractivity contribution < 1.29 is 24.2 Å². The molecule has 0 saturated carbocycles. The molecule has 0 bridgehead atoms. The lowest BCUT2D eigenvalue weighted by Gasteiger charge is -2.51. The molecule has 8 heteroatoms. The largest absolute Gasteiger partial charge is 0.487 e.